The second kappa shape index (κ2) is 8.83. The predicted molar refractivity (Wildman–Crippen MR) is 131 cm³/mol. The number of pyridine rings is 1. The van der Waals surface area contributed by atoms with Crippen LogP contribution < -0.4 is 9.47 Å². The largest absolute Gasteiger partial charge is 0.496 e. The van der Waals surface area contributed by atoms with Gasteiger partial charge in [-0.3, -0.25) is 4.90 Å². The van der Waals surface area contributed by atoms with Crippen molar-refractivity contribution in [3.63, 3.8) is 0 Å². The molecule has 6 rings (SSSR count). The van der Waals surface area contributed by atoms with Crippen LogP contribution in [0, 0.1) is 18.2 Å². The van der Waals surface area contributed by atoms with E-state index in [1.807, 2.05) is 25.3 Å². The van der Waals surface area contributed by atoms with Gasteiger partial charge in [0.05, 0.1) is 7.11 Å². The average Bonchev–Trinajstić information content (AvgIpc) is 3.31. The van der Waals surface area contributed by atoms with Crippen molar-refractivity contribution in [3.05, 3.63) is 53.1 Å². The third-order valence-electron chi connectivity index (χ3n) is 8.50. The van der Waals surface area contributed by atoms with Crippen LogP contribution in [0.2, 0.25) is 0 Å². The van der Waals surface area contributed by atoms with Crippen molar-refractivity contribution < 1.29 is 31.4 Å². The van der Waals surface area contributed by atoms with Crippen LogP contribution in [0.5, 0.6) is 11.6 Å². The standard InChI is InChI=1S/C28H30F5N3O2/c1-16-7-23(37-2)20(19-3-5-34-24(16)19)13-36-6-4-26(14-28(32,33)15-26)11-22(36)17-8-21(29)25(35-12-17)38-18-9-27(30,31)10-18/h3,5,7-8,12,18,22,34H,4,6,9-11,13-15H2,1-2H3/t22-/m0/s1. The second-order valence-electron chi connectivity index (χ2n) is 11.4. The first-order valence-electron chi connectivity index (χ1n) is 12.9. The van der Waals surface area contributed by atoms with E-state index in [4.69, 9.17) is 9.47 Å². The summed E-state index contributed by atoms with van der Waals surface area (Å²) in [5, 5.41) is 1.02. The van der Waals surface area contributed by atoms with E-state index in [0.29, 0.717) is 31.5 Å². The minimum absolute atomic E-state index is 0.173. The number of alkyl halides is 4. The topological polar surface area (TPSA) is 50.4 Å². The molecule has 1 aliphatic heterocycles. The van der Waals surface area contributed by atoms with Crippen molar-refractivity contribution in [2.24, 2.45) is 5.41 Å². The molecular weight excluding hydrogens is 505 g/mol. The number of likely N-dealkylation sites (tertiary alicyclic amines) is 1. The van der Waals surface area contributed by atoms with Crippen molar-refractivity contribution in [1.29, 1.82) is 0 Å². The quantitative estimate of drug-likeness (QED) is 0.347. The summed E-state index contributed by atoms with van der Waals surface area (Å²) in [5.41, 5.74) is 3.06. The van der Waals surface area contributed by atoms with Crippen LogP contribution in [-0.2, 0) is 6.54 Å². The van der Waals surface area contributed by atoms with Gasteiger partial charge < -0.3 is 14.5 Å². The zero-order valence-electron chi connectivity index (χ0n) is 21.3. The summed E-state index contributed by atoms with van der Waals surface area (Å²) in [4.78, 5) is 9.56. The maximum absolute atomic E-state index is 15.1. The second-order valence-corrected chi connectivity index (χ2v) is 11.4. The van der Waals surface area contributed by atoms with Crippen molar-refractivity contribution in [3.8, 4) is 11.6 Å². The highest BCUT2D eigenvalue weighted by Crippen LogP contribution is 2.60. The minimum Gasteiger partial charge on any atom is -0.496 e. The van der Waals surface area contributed by atoms with E-state index in [1.165, 1.54) is 12.3 Å². The van der Waals surface area contributed by atoms with Crippen LogP contribution in [0.1, 0.15) is 61.3 Å². The van der Waals surface area contributed by atoms with Crippen LogP contribution in [0.25, 0.3) is 10.9 Å². The summed E-state index contributed by atoms with van der Waals surface area (Å²) in [6.45, 7) is 3.03. The molecule has 10 heteroatoms. The van der Waals surface area contributed by atoms with Gasteiger partial charge in [0.25, 0.3) is 11.8 Å². The van der Waals surface area contributed by atoms with Crippen molar-refractivity contribution in [2.45, 2.75) is 76.0 Å². The molecule has 5 nitrogen and oxygen atoms in total. The summed E-state index contributed by atoms with van der Waals surface area (Å²) in [5.74, 6) is -5.77. The first kappa shape index (κ1) is 25.4. The Bertz CT molecular complexity index is 1360. The Morgan fingerprint density at radius 3 is 2.53 bits per heavy atom. The van der Waals surface area contributed by atoms with Gasteiger partial charge in [-0.25, -0.2) is 26.9 Å². The fraction of sp³-hybridized carbons (Fsp3) is 0.536. The van der Waals surface area contributed by atoms with E-state index in [9.17, 15) is 17.6 Å². The smallest absolute Gasteiger partial charge is 0.255 e. The van der Waals surface area contributed by atoms with E-state index >= 15 is 4.39 Å². The highest BCUT2D eigenvalue weighted by Gasteiger charge is 2.58. The number of fused-ring (bicyclic) bond motifs is 1. The van der Waals surface area contributed by atoms with E-state index in [1.54, 1.807) is 7.11 Å². The van der Waals surface area contributed by atoms with E-state index < -0.39 is 42.0 Å². The monoisotopic (exact) mass is 535 g/mol. The fourth-order valence-electron chi connectivity index (χ4n) is 6.60. The van der Waals surface area contributed by atoms with Crippen LogP contribution in [-0.4, -0.2) is 46.5 Å². The highest BCUT2D eigenvalue weighted by atomic mass is 19.3. The Balaban J connectivity index is 1.30. The number of benzene rings is 1. The van der Waals surface area contributed by atoms with Crippen molar-refractivity contribution in [1.82, 2.24) is 14.9 Å². The molecule has 0 amide bonds. The Hall–Kier alpha value is -2.88. The van der Waals surface area contributed by atoms with Gasteiger partial charge >= 0.3 is 0 Å². The van der Waals surface area contributed by atoms with E-state index in [-0.39, 0.29) is 24.8 Å². The number of nitrogens with zero attached hydrogens (tertiary/aromatic N) is 2. The van der Waals surface area contributed by atoms with Gasteiger partial charge in [0.15, 0.2) is 5.82 Å². The lowest BCUT2D eigenvalue weighted by atomic mass is 9.59. The SMILES string of the molecule is COc1cc(C)c2[nH]ccc2c1CN1CCC2(C[C@H]1c1cnc(OC3CC(F)(F)C3)c(F)c1)CC(F)(F)C2. The van der Waals surface area contributed by atoms with E-state index in [0.717, 1.165) is 27.8 Å². The highest BCUT2D eigenvalue weighted by molar-refractivity contribution is 5.88. The maximum atomic E-state index is 15.1. The summed E-state index contributed by atoms with van der Waals surface area (Å²) in [6.07, 6.45) is 2.38. The van der Waals surface area contributed by atoms with Crippen molar-refractivity contribution >= 4 is 10.9 Å². The zero-order valence-corrected chi connectivity index (χ0v) is 21.3. The molecule has 3 fully saturated rings. The molecule has 0 bridgehead atoms. The molecule has 0 radical (unpaired) electrons. The third kappa shape index (κ3) is 4.50. The molecule has 2 aromatic heterocycles. The molecule has 1 N–H and O–H groups in total. The number of nitrogens with one attached hydrogen (secondary N) is 1. The van der Waals surface area contributed by atoms with Gasteiger partial charge in [-0.1, -0.05) is 0 Å². The number of ether oxygens (including phenoxy) is 2. The average molecular weight is 536 g/mol. The van der Waals surface area contributed by atoms with Gasteiger partial charge in [-0.2, -0.15) is 0 Å². The molecule has 0 unspecified atom stereocenters. The number of rotatable bonds is 6. The Morgan fingerprint density at radius 2 is 1.87 bits per heavy atom. The number of hydrogen-bond acceptors (Lipinski definition) is 4. The molecule has 2 aliphatic carbocycles. The number of piperidine rings is 1. The number of methoxy groups -OCH3 is 1. The normalized spacial score (nSPS) is 24.2. The van der Waals surface area contributed by atoms with Crippen LogP contribution in [0.4, 0.5) is 22.0 Å². The molecule has 1 saturated heterocycles. The molecule has 2 saturated carbocycles. The zero-order chi connectivity index (χ0) is 26.9. The first-order chi connectivity index (χ1) is 18.0. The molecule has 1 aromatic carbocycles. The molecule has 3 aliphatic rings. The molecule has 3 heterocycles. The van der Waals surface area contributed by atoms with Crippen LogP contribution in [0.15, 0.2) is 30.6 Å². The third-order valence-corrected chi connectivity index (χ3v) is 8.50. The lowest BCUT2D eigenvalue weighted by Gasteiger charge is -2.54. The van der Waals surface area contributed by atoms with Gasteiger partial charge in [-0.15, -0.1) is 0 Å². The summed E-state index contributed by atoms with van der Waals surface area (Å²) >= 11 is 0. The fourth-order valence-corrected chi connectivity index (χ4v) is 6.60. The number of H-pyrrole nitrogens is 1. The minimum atomic E-state index is -2.79. The predicted octanol–water partition coefficient (Wildman–Crippen LogP) is 6.95. The van der Waals surface area contributed by atoms with Gasteiger partial charge in [0.2, 0.25) is 5.92 Å². The molecule has 204 valence electrons. The first-order valence-corrected chi connectivity index (χ1v) is 12.9. The molecule has 38 heavy (non-hydrogen) atoms. The van der Waals surface area contributed by atoms with E-state index in [2.05, 4.69) is 14.9 Å². The number of hydrogen-bond donors (Lipinski definition) is 1. The summed E-state index contributed by atoms with van der Waals surface area (Å²) in [6, 6.07) is 4.91. The summed E-state index contributed by atoms with van der Waals surface area (Å²) < 4.78 is 80.4. The van der Waals surface area contributed by atoms with Crippen molar-refractivity contribution in [2.75, 3.05) is 13.7 Å². The maximum Gasteiger partial charge on any atom is 0.255 e. The Kier molecular flexibility index (Phi) is 5.90. The number of aromatic nitrogens is 2. The number of halogens is 5. The van der Waals surface area contributed by atoms with Gasteiger partial charge in [-0.05, 0) is 61.1 Å². The lowest BCUT2D eigenvalue weighted by Crippen LogP contribution is -2.53. The summed E-state index contributed by atoms with van der Waals surface area (Å²) in [7, 11) is 1.62. The van der Waals surface area contributed by atoms with Gasteiger partial charge in [0, 0.05) is 67.1 Å². The van der Waals surface area contributed by atoms with Crippen LogP contribution >= 0.6 is 0 Å². The Labute approximate surface area is 217 Å². The molecule has 1 spiro atoms. The lowest BCUT2D eigenvalue weighted by molar-refractivity contribution is -0.186. The number of aromatic amines is 1. The molecule has 3 aromatic rings. The van der Waals surface area contributed by atoms with Gasteiger partial charge in [0.1, 0.15) is 11.9 Å². The van der Waals surface area contributed by atoms with Crippen LogP contribution in [0.3, 0.4) is 0 Å². The molecular formula is C28H30F5N3O2. The number of aryl methyl sites for hydroxylation is 1. The Morgan fingerprint density at radius 1 is 1.11 bits per heavy atom. The molecule has 1 atom stereocenters.